The number of rotatable bonds is 2. The van der Waals surface area contributed by atoms with Gasteiger partial charge in [-0.05, 0) is 0 Å². The number of aliphatic imine (C=N–C) groups is 4. The van der Waals surface area contributed by atoms with Crippen LogP contribution < -0.4 is 11.2 Å². The van der Waals surface area contributed by atoms with Crippen molar-refractivity contribution in [2.75, 3.05) is 0 Å². The maximum atomic E-state index is 11.3. The third-order valence-electron chi connectivity index (χ3n) is 2.57. The smallest absolute Gasteiger partial charge is 0.226 e. The molecule has 0 fully saturated rings. The molecule has 0 saturated heterocycles. The number of hydrogen-bond acceptors (Lipinski definition) is 9. The van der Waals surface area contributed by atoms with Crippen LogP contribution in [0.4, 0.5) is 0 Å². The second-order valence-corrected chi connectivity index (χ2v) is 4.95. The minimum Gasteiger partial charge on any atom is -0.502 e. The summed E-state index contributed by atoms with van der Waals surface area (Å²) in [5.41, 5.74) is 5.11. The topological polar surface area (TPSA) is 126 Å². The molecule has 1 unspecified atom stereocenters. The number of nitrogens with two attached hydrogens (primary N) is 1. The summed E-state index contributed by atoms with van der Waals surface area (Å²) in [6.07, 6.45) is 2.43. The fraction of sp³-hybridized carbons (Fsp3) is 0.182. The molecule has 2 aliphatic rings. The molecule has 20 heavy (non-hydrogen) atoms. The molecular weight excluding hydrogens is 282 g/mol. The number of nitrogens with zero attached hydrogens (tertiary/aromatic N) is 4. The average molecular weight is 291 g/mol. The molecule has 0 radical (unpaired) electrons. The van der Waals surface area contributed by atoms with Crippen LogP contribution in [0, 0.1) is 0 Å². The molecule has 0 aliphatic carbocycles. The molecule has 0 spiro atoms. The van der Waals surface area contributed by atoms with E-state index in [2.05, 4.69) is 20.0 Å². The molecule has 1 aromatic rings. The van der Waals surface area contributed by atoms with Gasteiger partial charge in [-0.3, -0.25) is 9.79 Å². The van der Waals surface area contributed by atoms with Gasteiger partial charge in [0.1, 0.15) is 23.4 Å². The molecule has 3 rings (SSSR count). The van der Waals surface area contributed by atoms with Crippen LogP contribution in [-0.2, 0) is 5.75 Å². The lowest BCUT2D eigenvalue weighted by Gasteiger charge is -2.14. The van der Waals surface area contributed by atoms with Gasteiger partial charge in [0, 0.05) is 6.07 Å². The van der Waals surface area contributed by atoms with Gasteiger partial charge in [0.05, 0.1) is 5.75 Å². The van der Waals surface area contributed by atoms with Crippen molar-refractivity contribution in [3.8, 4) is 5.75 Å². The Bertz CT molecular complexity index is 734. The molecular formula is C11H9N5O3S. The zero-order valence-electron chi connectivity index (χ0n) is 10.1. The van der Waals surface area contributed by atoms with E-state index in [4.69, 9.17) is 15.3 Å². The lowest BCUT2D eigenvalue weighted by Crippen LogP contribution is -2.31. The number of fused-ring (bicyclic) bond motifs is 1. The molecule has 102 valence electrons. The zero-order chi connectivity index (χ0) is 14.1. The van der Waals surface area contributed by atoms with Crippen molar-refractivity contribution in [2.45, 2.75) is 11.8 Å². The lowest BCUT2D eigenvalue weighted by molar-refractivity contribution is 0.419. The Labute approximate surface area is 116 Å². The Morgan fingerprint density at radius 1 is 1.45 bits per heavy atom. The zero-order valence-corrected chi connectivity index (χ0v) is 10.9. The first-order valence-corrected chi connectivity index (χ1v) is 6.57. The normalized spacial score (nSPS) is 20.2. The first-order chi connectivity index (χ1) is 9.63. The monoisotopic (exact) mass is 291 g/mol. The molecule has 1 atom stereocenters. The van der Waals surface area contributed by atoms with Gasteiger partial charge in [-0.25, -0.2) is 9.98 Å². The van der Waals surface area contributed by atoms with Crippen LogP contribution in [0.15, 0.2) is 41.5 Å². The van der Waals surface area contributed by atoms with Crippen LogP contribution in [0.25, 0.3) is 0 Å². The van der Waals surface area contributed by atoms with Crippen LogP contribution in [0.2, 0.25) is 0 Å². The molecule has 3 N–H and O–H groups in total. The quantitative estimate of drug-likeness (QED) is 0.800. The van der Waals surface area contributed by atoms with Crippen molar-refractivity contribution in [1.82, 2.24) is 0 Å². The first kappa shape index (κ1) is 12.6. The van der Waals surface area contributed by atoms with E-state index in [0.717, 1.165) is 6.26 Å². The predicted molar refractivity (Wildman–Crippen MR) is 76.7 cm³/mol. The summed E-state index contributed by atoms with van der Waals surface area (Å²) in [5, 5.41) is 9.75. The van der Waals surface area contributed by atoms with Crippen molar-refractivity contribution in [1.29, 1.82) is 0 Å². The summed E-state index contributed by atoms with van der Waals surface area (Å²) >= 11 is 1.33. The SMILES string of the molecule is NC1=NC2=NC=NC2C(SCc2cc(=O)c(O)co2)=N1. The van der Waals surface area contributed by atoms with E-state index in [-0.39, 0.29) is 12.0 Å². The predicted octanol–water partition coefficient (Wildman–Crippen LogP) is 0.114. The van der Waals surface area contributed by atoms with Gasteiger partial charge in [-0.1, -0.05) is 11.8 Å². The van der Waals surface area contributed by atoms with Crippen LogP contribution >= 0.6 is 11.8 Å². The first-order valence-electron chi connectivity index (χ1n) is 5.59. The highest BCUT2D eigenvalue weighted by Crippen LogP contribution is 2.22. The molecule has 2 aliphatic heterocycles. The Balaban J connectivity index is 1.76. The number of guanidine groups is 1. The van der Waals surface area contributed by atoms with E-state index in [1.807, 2.05) is 0 Å². The van der Waals surface area contributed by atoms with E-state index in [1.165, 1.54) is 24.2 Å². The Morgan fingerprint density at radius 3 is 3.10 bits per heavy atom. The maximum Gasteiger partial charge on any atom is 0.226 e. The second-order valence-electron chi connectivity index (χ2n) is 3.96. The van der Waals surface area contributed by atoms with Crippen molar-refractivity contribution >= 4 is 34.9 Å². The fourth-order valence-electron chi connectivity index (χ4n) is 1.65. The summed E-state index contributed by atoms with van der Waals surface area (Å²) in [4.78, 5) is 27.5. The van der Waals surface area contributed by atoms with E-state index < -0.39 is 11.2 Å². The molecule has 0 aromatic carbocycles. The summed E-state index contributed by atoms with van der Waals surface area (Å²) in [5.74, 6) is 0.996. The number of hydrogen-bond donors (Lipinski definition) is 2. The third-order valence-corrected chi connectivity index (χ3v) is 3.61. The Hall–Kier alpha value is -2.42. The molecule has 0 bridgehead atoms. The summed E-state index contributed by atoms with van der Waals surface area (Å²) in [7, 11) is 0. The number of thioether (sulfide) groups is 1. The summed E-state index contributed by atoms with van der Waals surface area (Å²) in [6.45, 7) is 0. The van der Waals surface area contributed by atoms with Crippen LogP contribution in [0.1, 0.15) is 5.76 Å². The van der Waals surface area contributed by atoms with Gasteiger partial charge in [0.25, 0.3) is 0 Å². The van der Waals surface area contributed by atoms with E-state index >= 15 is 0 Å². The van der Waals surface area contributed by atoms with E-state index in [0.29, 0.717) is 22.4 Å². The van der Waals surface area contributed by atoms with Gasteiger partial charge in [0.2, 0.25) is 11.4 Å². The maximum absolute atomic E-state index is 11.3. The van der Waals surface area contributed by atoms with Crippen molar-refractivity contribution in [3.63, 3.8) is 0 Å². The highest BCUT2D eigenvalue weighted by atomic mass is 32.2. The standard InChI is InChI=1S/C11H9N5O3S/c12-11-15-9-8(13-4-14-9)10(16-11)20-3-5-1-6(17)7(18)2-19-5/h1-2,4,8,18H,3H2,(H2,12,13,14,15). The van der Waals surface area contributed by atoms with Crippen molar-refractivity contribution in [2.24, 2.45) is 25.7 Å². The number of aromatic hydroxyl groups is 1. The largest absolute Gasteiger partial charge is 0.502 e. The molecule has 1 aromatic heterocycles. The van der Waals surface area contributed by atoms with Crippen molar-refractivity contribution in [3.05, 3.63) is 28.3 Å². The van der Waals surface area contributed by atoms with E-state index in [1.54, 1.807) is 0 Å². The molecule has 3 heterocycles. The van der Waals surface area contributed by atoms with Gasteiger partial charge in [0.15, 0.2) is 17.6 Å². The van der Waals surface area contributed by atoms with Crippen LogP contribution in [0.3, 0.4) is 0 Å². The number of amidine groups is 1. The fourth-order valence-corrected chi connectivity index (χ4v) is 2.58. The van der Waals surface area contributed by atoms with Gasteiger partial charge in [-0.2, -0.15) is 4.99 Å². The summed E-state index contributed by atoms with van der Waals surface area (Å²) in [6, 6.07) is 0.895. The van der Waals surface area contributed by atoms with Gasteiger partial charge in [-0.15, -0.1) is 0 Å². The highest BCUT2D eigenvalue weighted by Gasteiger charge is 2.28. The minimum absolute atomic E-state index is 0.125. The van der Waals surface area contributed by atoms with Crippen LogP contribution in [0.5, 0.6) is 5.75 Å². The van der Waals surface area contributed by atoms with Gasteiger partial charge >= 0.3 is 0 Å². The van der Waals surface area contributed by atoms with E-state index in [9.17, 15) is 4.79 Å². The molecule has 0 amide bonds. The minimum atomic E-state index is -0.486. The Morgan fingerprint density at radius 2 is 2.30 bits per heavy atom. The summed E-state index contributed by atoms with van der Waals surface area (Å²) < 4.78 is 5.11. The average Bonchev–Trinajstić information content (AvgIpc) is 2.88. The van der Waals surface area contributed by atoms with Gasteiger partial charge < -0.3 is 15.3 Å². The second kappa shape index (κ2) is 4.93. The highest BCUT2D eigenvalue weighted by molar-refractivity contribution is 8.13. The van der Waals surface area contributed by atoms with Crippen molar-refractivity contribution < 1.29 is 9.52 Å². The molecule has 0 saturated carbocycles. The Kier molecular flexibility index (Phi) is 3.11. The third kappa shape index (κ3) is 2.35. The molecule has 9 heteroatoms. The van der Waals surface area contributed by atoms with Crippen LogP contribution in [-0.4, -0.2) is 34.3 Å². The lowest BCUT2D eigenvalue weighted by atomic mass is 10.3. The molecule has 8 nitrogen and oxygen atoms in total.